The zero-order chi connectivity index (χ0) is 15.7. The predicted octanol–water partition coefficient (Wildman–Crippen LogP) is 0.820. The molecule has 0 bridgehead atoms. The lowest BCUT2D eigenvalue weighted by atomic mass is 9.78. The van der Waals surface area contributed by atoms with Crippen LogP contribution in [0.1, 0.15) is 32.6 Å². The van der Waals surface area contributed by atoms with E-state index in [1.807, 2.05) is 0 Å². The van der Waals surface area contributed by atoms with Crippen LogP contribution >= 0.6 is 0 Å². The molecule has 1 aromatic rings. The first-order chi connectivity index (χ1) is 9.79. The van der Waals surface area contributed by atoms with Crippen molar-refractivity contribution in [1.29, 1.82) is 0 Å². The molecule has 1 saturated carbocycles. The van der Waals surface area contributed by atoms with E-state index in [9.17, 15) is 13.2 Å². The number of carbonyl (C=O) groups excluding carboxylic acids is 1. The average Bonchev–Trinajstić information content (AvgIpc) is 2.88. The van der Waals surface area contributed by atoms with E-state index in [2.05, 4.69) is 16.7 Å². The Hall–Kier alpha value is -1.41. The van der Waals surface area contributed by atoms with Crippen molar-refractivity contribution >= 4 is 16.0 Å². The van der Waals surface area contributed by atoms with E-state index in [1.54, 1.807) is 7.05 Å². The molecule has 0 unspecified atom stereocenters. The predicted molar refractivity (Wildman–Crippen MR) is 75.9 cm³/mol. The third-order valence-electron chi connectivity index (χ3n) is 4.03. The molecule has 21 heavy (non-hydrogen) atoms. The van der Waals surface area contributed by atoms with Gasteiger partial charge in [0.2, 0.25) is 10.0 Å². The van der Waals surface area contributed by atoms with Gasteiger partial charge in [0.15, 0.2) is 0 Å². The average molecular weight is 315 g/mol. The van der Waals surface area contributed by atoms with Crippen LogP contribution in [-0.4, -0.2) is 36.8 Å². The SMILES string of the molecule is COC(=O)C1(NS(=O)(=O)c2cnn(C)c2)CCC(C)CC1. The number of carbonyl (C=O) groups is 1. The minimum absolute atomic E-state index is 0.0481. The highest BCUT2D eigenvalue weighted by Crippen LogP contribution is 2.34. The molecule has 8 heteroatoms. The molecule has 0 spiro atoms. The van der Waals surface area contributed by atoms with E-state index < -0.39 is 21.5 Å². The first-order valence-electron chi connectivity index (χ1n) is 6.90. The van der Waals surface area contributed by atoms with E-state index in [0.717, 1.165) is 12.8 Å². The molecule has 0 atom stereocenters. The van der Waals surface area contributed by atoms with Gasteiger partial charge in [-0.1, -0.05) is 6.92 Å². The summed E-state index contributed by atoms with van der Waals surface area (Å²) >= 11 is 0. The number of nitrogens with one attached hydrogen (secondary N) is 1. The second-order valence-corrected chi connectivity index (χ2v) is 7.39. The molecule has 0 radical (unpaired) electrons. The summed E-state index contributed by atoms with van der Waals surface area (Å²) in [7, 11) is -0.890. The van der Waals surface area contributed by atoms with Gasteiger partial charge < -0.3 is 4.74 Å². The van der Waals surface area contributed by atoms with Gasteiger partial charge in [0, 0.05) is 13.2 Å². The third-order valence-corrected chi connectivity index (χ3v) is 5.52. The Bertz CT molecular complexity index is 615. The van der Waals surface area contributed by atoms with E-state index in [4.69, 9.17) is 4.74 Å². The van der Waals surface area contributed by atoms with Crippen molar-refractivity contribution < 1.29 is 17.9 Å². The molecular weight excluding hydrogens is 294 g/mol. The quantitative estimate of drug-likeness (QED) is 0.831. The largest absolute Gasteiger partial charge is 0.468 e. The lowest BCUT2D eigenvalue weighted by Crippen LogP contribution is -2.56. The van der Waals surface area contributed by atoms with Gasteiger partial charge in [0.1, 0.15) is 10.4 Å². The van der Waals surface area contributed by atoms with Crippen LogP contribution in [0.2, 0.25) is 0 Å². The van der Waals surface area contributed by atoms with Crippen molar-refractivity contribution in [2.75, 3.05) is 7.11 Å². The van der Waals surface area contributed by atoms with Gasteiger partial charge in [0.25, 0.3) is 0 Å². The Labute approximate surface area is 124 Å². The van der Waals surface area contributed by atoms with Crippen molar-refractivity contribution in [1.82, 2.24) is 14.5 Å². The number of hydrogen-bond donors (Lipinski definition) is 1. The summed E-state index contributed by atoms with van der Waals surface area (Å²) in [6.45, 7) is 2.09. The van der Waals surface area contributed by atoms with Gasteiger partial charge in [-0.3, -0.25) is 9.48 Å². The maximum absolute atomic E-state index is 12.4. The van der Waals surface area contributed by atoms with Crippen LogP contribution in [0, 0.1) is 5.92 Å². The molecule has 2 rings (SSSR count). The Kier molecular flexibility index (Phi) is 4.38. The second kappa shape index (κ2) is 5.76. The summed E-state index contributed by atoms with van der Waals surface area (Å²) in [5.41, 5.74) is -1.17. The van der Waals surface area contributed by atoms with Crippen LogP contribution in [-0.2, 0) is 26.6 Å². The van der Waals surface area contributed by atoms with E-state index in [0.29, 0.717) is 18.8 Å². The first-order valence-corrected chi connectivity index (χ1v) is 8.38. The topological polar surface area (TPSA) is 90.3 Å². The summed E-state index contributed by atoms with van der Waals surface area (Å²) < 4.78 is 33.7. The molecule has 1 N–H and O–H groups in total. The van der Waals surface area contributed by atoms with Crippen molar-refractivity contribution in [3.8, 4) is 0 Å². The lowest BCUT2D eigenvalue weighted by molar-refractivity contribution is -0.149. The van der Waals surface area contributed by atoms with Crippen molar-refractivity contribution in [3.63, 3.8) is 0 Å². The molecule has 0 aliphatic heterocycles. The lowest BCUT2D eigenvalue weighted by Gasteiger charge is -2.36. The Morgan fingerprint density at radius 2 is 2.10 bits per heavy atom. The second-order valence-electron chi connectivity index (χ2n) is 5.71. The highest BCUT2D eigenvalue weighted by molar-refractivity contribution is 7.89. The van der Waals surface area contributed by atoms with Gasteiger partial charge in [-0.25, -0.2) is 8.42 Å². The van der Waals surface area contributed by atoms with Gasteiger partial charge in [-0.15, -0.1) is 0 Å². The minimum atomic E-state index is -3.80. The number of rotatable bonds is 4. The monoisotopic (exact) mass is 315 g/mol. The smallest absolute Gasteiger partial charge is 0.327 e. The normalized spacial score (nSPS) is 26.5. The fourth-order valence-corrected chi connectivity index (χ4v) is 4.05. The van der Waals surface area contributed by atoms with E-state index in [-0.39, 0.29) is 4.90 Å². The summed E-state index contributed by atoms with van der Waals surface area (Å²) in [4.78, 5) is 12.2. The van der Waals surface area contributed by atoms with Crippen molar-refractivity contribution in [3.05, 3.63) is 12.4 Å². The standard InChI is InChI=1S/C13H21N3O4S/c1-10-4-6-13(7-5-10,12(17)20-3)15-21(18,19)11-8-14-16(2)9-11/h8-10,15H,4-7H2,1-3H3. The summed E-state index contributed by atoms with van der Waals surface area (Å²) in [6.07, 6.45) is 5.12. The summed E-state index contributed by atoms with van der Waals surface area (Å²) in [5, 5.41) is 3.86. The van der Waals surface area contributed by atoms with Gasteiger partial charge in [0.05, 0.1) is 13.3 Å². The minimum Gasteiger partial charge on any atom is -0.468 e. The fourth-order valence-electron chi connectivity index (χ4n) is 2.65. The zero-order valence-corrected chi connectivity index (χ0v) is 13.3. The van der Waals surface area contributed by atoms with Crippen molar-refractivity contribution in [2.45, 2.75) is 43.0 Å². The molecule has 118 valence electrons. The molecule has 0 saturated heterocycles. The number of methoxy groups -OCH3 is 1. The van der Waals surface area contributed by atoms with Crippen molar-refractivity contribution in [2.24, 2.45) is 13.0 Å². The fraction of sp³-hybridized carbons (Fsp3) is 0.692. The molecule has 1 aromatic heterocycles. The van der Waals surface area contributed by atoms with Crippen LogP contribution < -0.4 is 4.72 Å². The van der Waals surface area contributed by atoms with E-state index in [1.165, 1.54) is 24.2 Å². The highest BCUT2D eigenvalue weighted by Gasteiger charge is 2.45. The maximum atomic E-state index is 12.4. The first kappa shape index (κ1) is 16.0. The number of ether oxygens (including phenoxy) is 1. The third kappa shape index (κ3) is 3.26. The molecule has 0 aromatic carbocycles. The Morgan fingerprint density at radius 3 is 2.57 bits per heavy atom. The van der Waals surface area contributed by atoms with Gasteiger partial charge in [-0.2, -0.15) is 9.82 Å². The molecule has 7 nitrogen and oxygen atoms in total. The molecule has 1 heterocycles. The number of aromatic nitrogens is 2. The Morgan fingerprint density at radius 1 is 1.48 bits per heavy atom. The van der Waals surface area contributed by atoms with Crippen LogP contribution in [0.25, 0.3) is 0 Å². The van der Waals surface area contributed by atoms with Gasteiger partial charge in [-0.05, 0) is 31.6 Å². The number of hydrogen-bond acceptors (Lipinski definition) is 5. The number of esters is 1. The highest BCUT2D eigenvalue weighted by atomic mass is 32.2. The molecule has 1 aliphatic carbocycles. The van der Waals surface area contributed by atoms with Crippen LogP contribution in [0.15, 0.2) is 17.3 Å². The molecule has 0 amide bonds. The number of aryl methyl sites for hydroxylation is 1. The van der Waals surface area contributed by atoms with Crippen LogP contribution in [0.4, 0.5) is 0 Å². The zero-order valence-electron chi connectivity index (χ0n) is 12.5. The number of nitrogens with zero attached hydrogens (tertiary/aromatic N) is 2. The van der Waals surface area contributed by atoms with Gasteiger partial charge >= 0.3 is 5.97 Å². The van der Waals surface area contributed by atoms with Crippen LogP contribution in [0.5, 0.6) is 0 Å². The summed E-state index contributed by atoms with van der Waals surface area (Å²) in [6, 6.07) is 0. The number of sulfonamides is 1. The summed E-state index contributed by atoms with van der Waals surface area (Å²) in [5.74, 6) is -0.0486. The maximum Gasteiger partial charge on any atom is 0.327 e. The molecule has 1 aliphatic rings. The van der Waals surface area contributed by atoms with Crippen LogP contribution in [0.3, 0.4) is 0 Å². The molecular formula is C13H21N3O4S. The molecule has 1 fully saturated rings. The van der Waals surface area contributed by atoms with E-state index >= 15 is 0 Å². The Balaban J connectivity index is 2.29.